The molecule has 2 aromatic carbocycles. The Morgan fingerprint density at radius 1 is 1.05 bits per heavy atom. The first-order valence-electron chi connectivity index (χ1n) is 6.08. The summed E-state index contributed by atoms with van der Waals surface area (Å²) in [5, 5.41) is 2.78. The van der Waals surface area contributed by atoms with E-state index in [0.717, 1.165) is 0 Å². The molecule has 0 fully saturated rings. The van der Waals surface area contributed by atoms with Crippen LogP contribution in [0.4, 0.5) is 5.69 Å². The number of rotatable bonds is 5. The van der Waals surface area contributed by atoms with E-state index in [1.807, 2.05) is 30.3 Å². The van der Waals surface area contributed by atoms with Gasteiger partial charge in [0, 0.05) is 5.56 Å². The van der Waals surface area contributed by atoms with Crippen molar-refractivity contribution in [3.63, 3.8) is 0 Å². The highest BCUT2D eigenvalue weighted by Gasteiger charge is 2.03. The summed E-state index contributed by atoms with van der Waals surface area (Å²) in [6.07, 6.45) is 0. The molecule has 0 aliphatic rings. The van der Waals surface area contributed by atoms with E-state index in [2.05, 4.69) is 5.32 Å². The third-order valence-corrected chi connectivity index (χ3v) is 2.60. The molecule has 98 valence electrons. The normalized spacial score (nSPS) is 9.89. The predicted octanol–water partition coefficient (Wildman–Crippen LogP) is 2.08. The van der Waals surface area contributed by atoms with Crippen LogP contribution < -0.4 is 15.8 Å². The van der Waals surface area contributed by atoms with E-state index >= 15 is 0 Å². The molecule has 0 saturated heterocycles. The maximum Gasteiger partial charge on any atom is 0.251 e. The van der Waals surface area contributed by atoms with Crippen LogP contribution in [0.15, 0.2) is 54.6 Å². The summed E-state index contributed by atoms with van der Waals surface area (Å²) in [7, 11) is 0. The van der Waals surface area contributed by atoms with Gasteiger partial charge in [-0.15, -0.1) is 0 Å². The standard InChI is InChI=1S/C15H16N2O2/c16-13-8-4-5-9-14(13)19-11-10-17-15(18)12-6-2-1-3-7-12/h1-9H,10-11,16H2,(H,17,18). The molecule has 0 unspecified atom stereocenters. The van der Waals surface area contributed by atoms with Gasteiger partial charge >= 0.3 is 0 Å². The molecular formula is C15H16N2O2. The van der Waals surface area contributed by atoms with Crippen LogP contribution in [-0.4, -0.2) is 19.1 Å². The second-order valence-corrected chi connectivity index (χ2v) is 4.01. The molecule has 4 nitrogen and oxygen atoms in total. The molecule has 2 rings (SSSR count). The third-order valence-electron chi connectivity index (χ3n) is 2.60. The molecule has 1 amide bonds. The summed E-state index contributed by atoms with van der Waals surface area (Å²) >= 11 is 0. The minimum Gasteiger partial charge on any atom is -0.490 e. The van der Waals surface area contributed by atoms with Crippen LogP contribution in [-0.2, 0) is 0 Å². The molecule has 0 saturated carbocycles. The largest absolute Gasteiger partial charge is 0.490 e. The van der Waals surface area contributed by atoms with E-state index < -0.39 is 0 Å². The Morgan fingerprint density at radius 2 is 1.74 bits per heavy atom. The van der Waals surface area contributed by atoms with Crippen LogP contribution in [0.2, 0.25) is 0 Å². The maximum atomic E-state index is 11.7. The average molecular weight is 256 g/mol. The van der Waals surface area contributed by atoms with Crippen LogP contribution in [0.5, 0.6) is 5.75 Å². The highest BCUT2D eigenvalue weighted by atomic mass is 16.5. The molecule has 0 spiro atoms. The lowest BCUT2D eigenvalue weighted by molar-refractivity contribution is 0.0947. The van der Waals surface area contributed by atoms with Crippen molar-refractivity contribution >= 4 is 11.6 Å². The molecule has 0 radical (unpaired) electrons. The van der Waals surface area contributed by atoms with Crippen LogP contribution in [0.1, 0.15) is 10.4 Å². The average Bonchev–Trinajstić information content (AvgIpc) is 2.46. The first-order chi connectivity index (χ1) is 9.27. The number of benzene rings is 2. The van der Waals surface area contributed by atoms with Crippen LogP contribution in [0, 0.1) is 0 Å². The molecule has 0 aliphatic heterocycles. The van der Waals surface area contributed by atoms with Crippen molar-refractivity contribution in [1.29, 1.82) is 0 Å². The van der Waals surface area contributed by atoms with Gasteiger partial charge in [0.25, 0.3) is 5.91 Å². The first kappa shape index (κ1) is 13.0. The predicted molar refractivity (Wildman–Crippen MR) is 75.1 cm³/mol. The Labute approximate surface area is 112 Å². The van der Waals surface area contributed by atoms with E-state index in [9.17, 15) is 4.79 Å². The highest BCUT2D eigenvalue weighted by molar-refractivity contribution is 5.94. The fourth-order valence-electron chi connectivity index (χ4n) is 1.63. The van der Waals surface area contributed by atoms with Gasteiger partial charge in [-0.05, 0) is 24.3 Å². The summed E-state index contributed by atoms with van der Waals surface area (Å²) in [6.45, 7) is 0.814. The Hall–Kier alpha value is -2.49. The number of amides is 1. The van der Waals surface area contributed by atoms with Crippen molar-refractivity contribution in [2.24, 2.45) is 0 Å². The Kier molecular flexibility index (Phi) is 4.39. The van der Waals surface area contributed by atoms with E-state index in [4.69, 9.17) is 10.5 Å². The van der Waals surface area contributed by atoms with Gasteiger partial charge in [0.1, 0.15) is 12.4 Å². The van der Waals surface area contributed by atoms with Gasteiger partial charge in [-0.1, -0.05) is 30.3 Å². The third kappa shape index (κ3) is 3.74. The highest BCUT2D eigenvalue weighted by Crippen LogP contribution is 2.19. The summed E-state index contributed by atoms with van der Waals surface area (Å²) in [5.74, 6) is 0.529. The molecule has 4 heteroatoms. The number of nitrogen functional groups attached to an aromatic ring is 1. The van der Waals surface area contributed by atoms with Gasteiger partial charge in [0.2, 0.25) is 0 Å². The quantitative estimate of drug-likeness (QED) is 0.636. The molecule has 2 aromatic rings. The van der Waals surface area contributed by atoms with Gasteiger partial charge in [-0.25, -0.2) is 0 Å². The zero-order valence-corrected chi connectivity index (χ0v) is 10.5. The monoisotopic (exact) mass is 256 g/mol. The topological polar surface area (TPSA) is 64.3 Å². The van der Waals surface area contributed by atoms with Crippen molar-refractivity contribution < 1.29 is 9.53 Å². The lowest BCUT2D eigenvalue weighted by Crippen LogP contribution is -2.28. The van der Waals surface area contributed by atoms with Crippen LogP contribution >= 0.6 is 0 Å². The van der Waals surface area contributed by atoms with Gasteiger partial charge in [-0.2, -0.15) is 0 Å². The fraction of sp³-hybridized carbons (Fsp3) is 0.133. The Bertz CT molecular complexity index is 541. The van der Waals surface area contributed by atoms with Crippen molar-refractivity contribution in [3.05, 3.63) is 60.2 Å². The molecule has 0 bridgehead atoms. The fourth-order valence-corrected chi connectivity index (χ4v) is 1.63. The van der Waals surface area contributed by atoms with Crippen LogP contribution in [0.25, 0.3) is 0 Å². The summed E-state index contributed by atoms with van der Waals surface area (Å²) in [6, 6.07) is 16.3. The maximum absolute atomic E-state index is 11.7. The Balaban J connectivity index is 1.76. The SMILES string of the molecule is Nc1ccccc1OCCNC(=O)c1ccccc1. The van der Waals surface area contributed by atoms with Gasteiger partial charge in [0.05, 0.1) is 12.2 Å². The number of carbonyl (C=O) groups excluding carboxylic acids is 1. The van der Waals surface area contributed by atoms with Crippen molar-refractivity contribution in [2.45, 2.75) is 0 Å². The van der Waals surface area contributed by atoms with E-state index in [0.29, 0.717) is 30.2 Å². The number of para-hydroxylation sites is 2. The molecule has 0 aliphatic carbocycles. The van der Waals surface area contributed by atoms with Gasteiger partial charge in [-0.3, -0.25) is 4.79 Å². The molecule has 3 N–H and O–H groups in total. The number of ether oxygens (including phenoxy) is 1. The van der Waals surface area contributed by atoms with Crippen molar-refractivity contribution in [3.8, 4) is 5.75 Å². The summed E-state index contributed by atoms with van der Waals surface area (Å²) in [4.78, 5) is 11.7. The lowest BCUT2D eigenvalue weighted by atomic mass is 10.2. The molecular weight excluding hydrogens is 240 g/mol. The van der Waals surface area contributed by atoms with Crippen molar-refractivity contribution in [2.75, 3.05) is 18.9 Å². The summed E-state index contributed by atoms with van der Waals surface area (Å²) < 4.78 is 5.48. The van der Waals surface area contributed by atoms with Crippen molar-refractivity contribution in [1.82, 2.24) is 5.32 Å². The van der Waals surface area contributed by atoms with Crippen LogP contribution in [0.3, 0.4) is 0 Å². The minimum absolute atomic E-state index is 0.106. The van der Waals surface area contributed by atoms with E-state index in [-0.39, 0.29) is 5.91 Å². The second kappa shape index (κ2) is 6.44. The number of hydrogen-bond acceptors (Lipinski definition) is 3. The molecule has 0 atom stereocenters. The number of hydrogen-bond donors (Lipinski definition) is 2. The second-order valence-electron chi connectivity index (χ2n) is 4.01. The molecule has 0 heterocycles. The zero-order valence-electron chi connectivity index (χ0n) is 10.5. The minimum atomic E-state index is -0.106. The number of nitrogens with two attached hydrogens (primary N) is 1. The van der Waals surface area contributed by atoms with E-state index in [1.54, 1.807) is 24.3 Å². The summed E-state index contributed by atoms with van der Waals surface area (Å²) in [5.41, 5.74) is 6.98. The number of nitrogens with one attached hydrogen (secondary N) is 1. The number of anilines is 1. The lowest BCUT2D eigenvalue weighted by Gasteiger charge is -2.09. The van der Waals surface area contributed by atoms with E-state index in [1.165, 1.54) is 0 Å². The van der Waals surface area contributed by atoms with Gasteiger partial charge < -0.3 is 15.8 Å². The number of carbonyl (C=O) groups is 1. The molecule has 0 aromatic heterocycles. The smallest absolute Gasteiger partial charge is 0.251 e. The van der Waals surface area contributed by atoms with Gasteiger partial charge in [0.15, 0.2) is 0 Å². The first-order valence-corrected chi connectivity index (χ1v) is 6.08. The molecule has 19 heavy (non-hydrogen) atoms. The zero-order chi connectivity index (χ0) is 13.5. The Morgan fingerprint density at radius 3 is 2.47 bits per heavy atom.